The molecule has 2 heterocycles. The fourth-order valence-corrected chi connectivity index (χ4v) is 4.04. The normalized spacial score (nSPS) is 24.8. The van der Waals surface area contributed by atoms with Crippen molar-refractivity contribution in [2.75, 3.05) is 58.3 Å². The molecule has 6 nitrogen and oxygen atoms in total. The number of aliphatic hydroxyl groups excluding tert-OH is 2. The van der Waals surface area contributed by atoms with Crippen LogP contribution in [0.15, 0.2) is 24.3 Å². The van der Waals surface area contributed by atoms with E-state index in [0.29, 0.717) is 24.6 Å². The van der Waals surface area contributed by atoms with E-state index >= 15 is 0 Å². The van der Waals surface area contributed by atoms with Crippen molar-refractivity contribution in [2.45, 2.75) is 18.9 Å². The van der Waals surface area contributed by atoms with E-state index in [1.54, 1.807) is 0 Å². The summed E-state index contributed by atoms with van der Waals surface area (Å²) in [5.41, 5.74) is 1.77. The minimum Gasteiger partial charge on any atom is -0.396 e. The van der Waals surface area contributed by atoms with Crippen LogP contribution in [0.4, 0.5) is 5.69 Å². The number of hydrogen-bond donors (Lipinski definition) is 2. The number of benzene rings is 1. The number of anilines is 1. The van der Waals surface area contributed by atoms with Gasteiger partial charge in [0.1, 0.15) is 0 Å². The third-order valence-electron chi connectivity index (χ3n) is 5.78. The molecule has 0 saturated carbocycles. The van der Waals surface area contributed by atoms with Crippen molar-refractivity contribution in [3.05, 3.63) is 29.8 Å². The highest BCUT2D eigenvalue weighted by atomic mass is 16.3. The van der Waals surface area contributed by atoms with E-state index in [2.05, 4.69) is 4.90 Å². The topological polar surface area (TPSA) is 67.2 Å². The van der Waals surface area contributed by atoms with Crippen molar-refractivity contribution in [1.29, 1.82) is 0 Å². The zero-order valence-corrected chi connectivity index (χ0v) is 15.8. The maximum Gasteiger partial charge on any atom is 0.253 e. The van der Waals surface area contributed by atoms with Crippen LogP contribution in [0.25, 0.3) is 0 Å². The zero-order valence-electron chi connectivity index (χ0n) is 15.8. The largest absolute Gasteiger partial charge is 0.396 e. The molecule has 2 atom stereocenters. The second kappa shape index (κ2) is 8.37. The first-order valence-electron chi connectivity index (χ1n) is 9.56. The summed E-state index contributed by atoms with van der Waals surface area (Å²) < 4.78 is 0. The molecule has 26 heavy (non-hydrogen) atoms. The number of piperidine rings is 1. The first-order chi connectivity index (χ1) is 12.5. The number of likely N-dealkylation sites (tertiary alicyclic amines) is 2. The monoisotopic (exact) mass is 361 g/mol. The maximum absolute atomic E-state index is 12.9. The van der Waals surface area contributed by atoms with Crippen molar-refractivity contribution in [2.24, 2.45) is 11.8 Å². The molecular formula is C20H31N3O3. The Balaban J connectivity index is 1.61. The predicted molar refractivity (Wildman–Crippen MR) is 102 cm³/mol. The lowest BCUT2D eigenvalue weighted by Crippen LogP contribution is -2.40. The number of hydrogen-bond acceptors (Lipinski definition) is 5. The van der Waals surface area contributed by atoms with E-state index in [-0.39, 0.29) is 24.5 Å². The van der Waals surface area contributed by atoms with E-state index in [4.69, 9.17) is 0 Å². The molecule has 2 aliphatic rings. The Labute approximate surface area is 156 Å². The number of carbonyl (C=O) groups excluding carboxylic acids is 1. The number of aliphatic hydroxyl groups is 2. The molecule has 0 bridgehead atoms. The Bertz CT molecular complexity index is 597. The van der Waals surface area contributed by atoms with Crippen LogP contribution >= 0.6 is 0 Å². The highest BCUT2D eigenvalue weighted by Gasteiger charge is 2.36. The van der Waals surface area contributed by atoms with Gasteiger partial charge in [-0.1, -0.05) is 0 Å². The Hall–Kier alpha value is -1.63. The molecule has 144 valence electrons. The lowest BCUT2D eigenvalue weighted by Gasteiger charge is -2.32. The third kappa shape index (κ3) is 4.37. The summed E-state index contributed by atoms with van der Waals surface area (Å²) in [6, 6.07) is 7.68. The van der Waals surface area contributed by atoms with Crippen molar-refractivity contribution in [1.82, 2.24) is 9.80 Å². The second-order valence-corrected chi connectivity index (χ2v) is 7.89. The second-order valence-electron chi connectivity index (χ2n) is 7.89. The predicted octanol–water partition coefficient (Wildman–Crippen LogP) is 0.890. The smallest absolute Gasteiger partial charge is 0.253 e. The van der Waals surface area contributed by atoms with Gasteiger partial charge in [-0.05, 0) is 43.0 Å². The summed E-state index contributed by atoms with van der Waals surface area (Å²) in [6.07, 6.45) is 1.46. The third-order valence-corrected chi connectivity index (χ3v) is 5.78. The van der Waals surface area contributed by atoms with Crippen LogP contribution < -0.4 is 4.90 Å². The lowest BCUT2D eigenvalue weighted by atomic mass is 9.95. The van der Waals surface area contributed by atoms with Crippen LogP contribution in [0, 0.1) is 11.8 Å². The van der Waals surface area contributed by atoms with Crippen molar-refractivity contribution in [3.63, 3.8) is 0 Å². The van der Waals surface area contributed by atoms with Crippen molar-refractivity contribution < 1.29 is 15.0 Å². The first-order valence-corrected chi connectivity index (χ1v) is 9.56. The number of carbonyl (C=O) groups is 1. The fourth-order valence-electron chi connectivity index (χ4n) is 4.04. The van der Waals surface area contributed by atoms with Crippen LogP contribution in [-0.2, 0) is 0 Å². The van der Waals surface area contributed by atoms with E-state index in [9.17, 15) is 15.0 Å². The highest BCUT2D eigenvalue weighted by Crippen LogP contribution is 2.27. The molecule has 2 aliphatic heterocycles. The molecule has 1 aromatic carbocycles. The van der Waals surface area contributed by atoms with Gasteiger partial charge in [0.05, 0.1) is 6.10 Å². The van der Waals surface area contributed by atoms with Crippen LogP contribution in [-0.4, -0.2) is 85.5 Å². The van der Waals surface area contributed by atoms with Crippen LogP contribution in [0.5, 0.6) is 0 Å². The van der Waals surface area contributed by atoms with Gasteiger partial charge in [0.25, 0.3) is 5.91 Å². The minimum absolute atomic E-state index is 0.0466. The summed E-state index contributed by atoms with van der Waals surface area (Å²) >= 11 is 0. The molecule has 2 N–H and O–H groups in total. The van der Waals surface area contributed by atoms with Gasteiger partial charge in [0.2, 0.25) is 0 Å². The van der Waals surface area contributed by atoms with Gasteiger partial charge in [-0.3, -0.25) is 4.79 Å². The van der Waals surface area contributed by atoms with Gasteiger partial charge >= 0.3 is 0 Å². The van der Waals surface area contributed by atoms with E-state index < -0.39 is 0 Å². The Morgan fingerprint density at radius 3 is 2.31 bits per heavy atom. The van der Waals surface area contributed by atoms with Crippen molar-refractivity contribution in [3.8, 4) is 0 Å². The molecule has 2 saturated heterocycles. The van der Waals surface area contributed by atoms with Gasteiger partial charge < -0.3 is 24.9 Å². The molecule has 1 aromatic rings. The average molecular weight is 361 g/mol. The van der Waals surface area contributed by atoms with E-state index in [1.807, 2.05) is 48.2 Å². The van der Waals surface area contributed by atoms with E-state index in [1.165, 1.54) is 0 Å². The van der Waals surface area contributed by atoms with E-state index in [0.717, 1.165) is 38.2 Å². The maximum atomic E-state index is 12.9. The Kier molecular flexibility index (Phi) is 6.16. The minimum atomic E-state index is -0.174. The number of rotatable bonds is 5. The summed E-state index contributed by atoms with van der Waals surface area (Å²) in [7, 11) is 3.96. The zero-order chi connectivity index (χ0) is 18.7. The number of nitrogens with zero attached hydrogens (tertiary/aromatic N) is 3. The van der Waals surface area contributed by atoms with Crippen LogP contribution in [0.1, 0.15) is 23.2 Å². The molecule has 0 spiro atoms. The molecule has 0 radical (unpaired) electrons. The molecule has 0 aromatic heterocycles. The van der Waals surface area contributed by atoms with Gasteiger partial charge in [-0.25, -0.2) is 0 Å². The Morgan fingerprint density at radius 1 is 1.12 bits per heavy atom. The first kappa shape index (κ1) is 19.1. The fraction of sp³-hybridized carbons (Fsp3) is 0.650. The van der Waals surface area contributed by atoms with Crippen molar-refractivity contribution >= 4 is 11.6 Å². The van der Waals surface area contributed by atoms with Crippen LogP contribution in [0.2, 0.25) is 0 Å². The summed E-state index contributed by atoms with van der Waals surface area (Å²) in [6.45, 7) is 4.11. The van der Waals surface area contributed by atoms with Gasteiger partial charge in [0.15, 0.2) is 0 Å². The summed E-state index contributed by atoms with van der Waals surface area (Å²) in [4.78, 5) is 19.1. The molecule has 0 unspecified atom stereocenters. The number of amides is 1. The van der Waals surface area contributed by atoms with Gasteiger partial charge in [-0.2, -0.15) is 0 Å². The quantitative estimate of drug-likeness (QED) is 0.815. The van der Waals surface area contributed by atoms with Gasteiger partial charge in [0, 0.05) is 70.6 Å². The molecule has 6 heteroatoms. The Morgan fingerprint density at radius 2 is 1.73 bits per heavy atom. The standard InChI is InChI=1S/C20H31N3O3/c1-21(2)18-5-3-15(4-6-18)20(26)23-12-16(17(13-23)14-24)11-22-9-7-19(25)8-10-22/h3-6,16-17,19,24-25H,7-14H2,1-2H3/t16-,17-/m0/s1. The van der Waals surface area contributed by atoms with Gasteiger partial charge in [-0.15, -0.1) is 0 Å². The molecule has 0 aliphatic carbocycles. The average Bonchev–Trinajstić information content (AvgIpc) is 3.06. The molecule has 1 amide bonds. The molecular weight excluding hydrogens is 330 g/mol. The van der Waals surface area contributed by atoms with Crippen LogP contribution in [0.3, 0.4) is 0 Å². The SMILES string of the molecule is CN(C)c1ccc(C(=O)N2C[C@@H](CO)[C@@H](CN3CCC(O)CC3)C2)cc1. The molecule has 2 fully saturated rings. The lowest BCUT2D eigenvalue weighted by molar-refractivity contribution is 0.0679. The molecule has 3 rings (SSSR count). The summed E-state index contributed by atoms with van der Waals surface area (Å²) in [5, 5.41) is 19.4. The summed E-state index contributed by atoms with van der Waals surface area (Å²) in [5.74, 6) is 0.470. The highest BCUT2D eigenvalue weighted by molar-refractivity contribution is 5.94.